The van der Waals surface area contributed by atoms with Crippen molar-refractivity contribution in [1.29, 1.82) is 0 Å². The number of ether oxygens (including phenoxy) is 1. The molecule has 1 fully saturated rings. The Hall–Kier alpha value is -2.50. The summed E-state index contributed by atoms with van der Waals surface area (Å²) in [5, 5.41) is 4.08. The number of anilines is 1. The van der Waals surface area contributed by atoms with Crippen molar-refractivity contribution in [3.05, 3.63) is 41.3 Å². The average molecular weight is 341 g/mol. The number of hydrogen-bond donors (Lipinski definition) is 0. The Morgan fingerprint density at radius 3 is 2.68 bits per heavy atom. The fraction of sp³-hybridized carbons (Fsp3) is 0.474. The van der Waals surface area contributed by atoms with Crippen molar-refractivity contribution in [2.75, 3.05) is 38.2 Å². The van der Waals surface area contributed by atoms with Gasteiger partial charge in [0.1, 0.15) is 11.5 Å². The van der Waals surface area contributed by atoms with Crippen LogP contribution in [-0.4, -0.2) is 49.3 Å². The van der Waals surface area contributed by atoms with E-state index in [2.05, 4.69) is 16.1 Å². The molecule has 0 saturated carbocycles. The van der Waals surface area contributed by atoms with Gasteiger partial charge in [-0.05, 0) is 31.4 Å². The molecule has 6 heteroatoms. The average Bonchev–Trinajstić information content (AvgIpc) is 3.11. The molecule has 6 nitrogen and oxygen atoms in total. The molecule has 0 radical (unpaired) electrons. The third-order valence-electron chi connectivity index (χ3n) is 5.15. The van der Waals surface area contributed by atoms with Crippen LogP contribution in [0, 0.1) is 0 Å². The topological polar surface area (TPSA) is 58.8 Å². The maximum absolute atomic E-state index is 12.9. The van der Waals surface area contributed by atoms with Crippen LogP contribution in [0.25, 0.3) is 0 Å². The highest BCUT2D eigenvalue weighted by molar-refractivity contribution is 5.94. The minimum absolute atomic E-state index is 0.00609. The van der Waals surface area contributed by atoms with Crippen LogP contribution in [0.4, 0.5) is 5.69 Å². The lowest BCUT2D eigenvalue weighted by Gasteiger charge is -2.36. The van der Waals surface area contributed by atoms with E-state index in [4.69, 9.17) is 9.26 Å². The number of hydrogen-bond acceptors (Lipinski definition) is 5. The van der Waals surface area contributed by atoms with Gasteiger partial charge in [0.05, 0.1) is 12.8 Å². The summed E-state index contributed by atoms with van der Waals surface area (Å²) in [6.07, 6.45) is 4.03. The van der Waals surface area contributed by atoms with E-state index in [1.165, 1.54) is 0 Å². The molecule has 0 atom stereocenters. The fourth-order valence-corrected chi connectivity index (χ4v) is 3.74. The summed E-state index contributed by atoms with van der Waals surface area (Å²) in [5.74, 6) is 1.78. The summed E-state index contributed by atoms with van der Waals surface area (Å²) >= 11 is 0. The van der Waals surface area contributed by atoms with E-state index in [9.17, 15) is 4.79 Å². The molecule has 2 aliphatic rings. The second-order valence-corrected chi connectivity index (χ2v) is 6.59. The fourth-order valence-electron chi connectivity index (χ4n) is 3.74. The third kappa shape index (κ3) is 2.97. The lowest BCUT2D eigenvalue weighted by atomic mass is 9.96. The number of amides is 1. The van der Waals surface area contributed by atoms with E-state index in [1.807, 2.05) is 23.1 Å². The van der Waals surface area contributed by atoms with Crippen molar-refractivity contribution in [1.82, 2.24) is 10.1 Å². The molecule has 1 saturated heterocycles. The van der Waals surface area contributed by atoms with Gasteiger partial charge in [-0.2, -0.15) is 0 Å². The molecule has 25 heavy (non-hydrogen) atoms. The summed E-state index contributed by atoms with van der Waals surface area (Å²) in [6.45, 7) is 2.93. The van der Waals surface area contributed by atoms with Crippen molar-refractivity contribution < 1.29 is 14.1 Å². The van der Waals surface area contributed by atoms with Gasteiger partial charge in [0.15, 0.2) is 5.69 Å². The molecule has 0 N–H and O–H groups in total. The van der Waals surface area contributed by atoms with Crippen LogP contribution < -0.4 is 9.64 Å². The summed E-state index contributed by atoms with van der Waals surface area (Å²) in [7, 11) is 1.69. The van der Waals surface area contributed by atoms with Crippen molar-refractivity contribution >= 4 is 11.6 Å². The van der Waals surface area contributed by atoms with Crippen molar-refractivity contribution in [2.45, 2.75) is 25.7 Å². The van der Waals surface area contributed by atoms with E-state index in [-0.39, 0.29) is 5.91 Å². The molecule has 2 heterocycles. The second-order valence-electron chi connectivity index (χ2n) is 6.59. The number of nitrogens with zero attached hydrogens (tertiary/aromatic N) is 3. The first-order chi connectivity index (χ1) is 12.3. The summed E-state index contributed by atoms with van der Waals surface area (Å²) in [6, 6.07) is 8.01. The Kier molecular flexibility index (Phi) is 4.34. The summed E-state index contributed by atoms with van der Waals surface area (Å²) < 4.78 is 10.8. The van der Waals surface area contributed by atoms with Crippen LogP contribution in [-0.2, 0) is 12.8 Å². The first kappa shape index (κ1) is 16.0. The Labute approximate surface area is 147 Å². The van der Waals surface area contributed by atoms with Gasteiger partial charge in [-0.1, -0.05) is 17.3 Å². The highest BCUT2D eigenvalue weighted by atomic mass is 16.5. The van der Waals surface area contributed by atoms with Crippen molar-refractivity contribution in [3.8, 4) is 5.75 Å². The van der Waals surface area contributed by atoms with Gasteiger partial charge in [-0.15, -0.1) is 0 Å². The minimum atomic E-state index is 0.00609. The molecule has 0 spiro atoms. The maximum atomic E-state index is 12.9. The number of carbonyl (C=O) groups excluding carboxylic acids is 1. The number of carbonyl (C=O) groups is 1. The number of benzene rings is 1. The number of methoxy groups -OCH3 is 1. The molecule has 2 aromatic rings. The molecule has 1 amide bonds. The molecule has 132 valence electrons. The number of fused-ring (bicyclic) bond motifs is 1. The molecule has 1 aliphatic carbocycles. The molecule has 0 unspecified atom stereocenters. The van der Waals surface area contributed by atoms with E-state index < -0.39 is 0 Å². The van der Waals surface area contributed by atoms with Gasteiger partial charge in [-0.25, -0.2) is 0 Å². The zero-order chi connectivity index (χ0) is 17.2. The summed E-state index contributed by atoms with van der Waals surface area (Å²) in [4.78, 5) is 17.0. The zero-order valence-corrected chi connectivity index (χ0v) is 14.5. The van der Waals surface area contributed by atoms with Crippen LogP contribution in [0.1, 0.15) is 34.7 Å². The normalized spacial score (nSPS) is 17.3. The number of para-hydroxylation sites is 2. The van der Waals surface area contributed by atoms with Crippen LogP contribution >= 0.6 is 0 Å². The number of aromatic nitrogens is 1. The lowest BCUT2D eigenvalue weighted by Crippen LogP contribution is -2.49. The highest BCUT2D eigenvalue weighted by Crippen LogP contribution is 2.29. The van der Waals surface area contributed by atoms with Gasteiger partial charge in [-0.3, -0.25) is 4.79 Å². The van der Waals surface area contributed by atoms with Gasteiger partial charge < -0.3 is 19.1 Å². The van der Waals surface area contributed by atoms with Crippen molar-refractivity contribution in [3.63, 3.8) is 0 Å². The lowest BCUT2D eigenvalue weighted by molar-refractivity contribution is 0.0735. The molecular weight excluding hydrogens is 318 g/mol. The number of piperazine rings is 1. The highest BCUT2D eigenvalue weighted by Gasteiger charge is 2.29. The molecule has 1 aromatic carbocycles. The first-order valence-corrected chi connectivity index (χ1v) is 8.92. The Morgan fingerprint density at radius 2 is 1.88 bits per heavy atom. The Balaban J connectivity index is 1.45. The standard InChI is InChI=1S/C19H23N3O3/c1-24-17-9-5-3-7-15(17)21-10-12-22(13-11-21)19(23)18-14-6-2-4-8-16(14)25-20-18/h3,5,7,9H,2,4,6,8,10-13H2,1H3. The monoisotopic (exact) mass is 341 g/mol. The van der Waals surface area contributed by atoms with Gasteiger partial charge in [0.2, 0.25) is 0 Å². The van der Waals surface area contributed by atoms with Gasteiger partial charge >= 0.3 is 0 Å². The zero-order valence-electron chi connectivity index (χ0n) is 14.5. The molecule has 1 aromatic heterocycles. The largest absolute Gasteiger partial charge is 0.495 e. The maximum Gasteiger partial charge on any atom is 0.276 e. The van der Waals surface area contributed by atoms with Crippen LogP contribution in [0.15, 0.2) is 28.8 Å². The van der Waals surface area contributed by atoms with E-state index in [1.54, 1.807) is 7.11 Å². The third-order valence-corrected chi connectivity index (χ3v) is 5.15. The predicted octanol–water partition coefficient (Wildman–Crippen LogP) is 2.52. The van der Waals surface area contributed by atoms with E-state index in [0.717, 1.165) is 61.5 Å². The molecule has 1 aliphatic heterocycles. The van der Waals surface area contributed by atoms with Gasteiger partial charge in [0, 0.05) is 38.2 Å². The molecule has 4 rings (SSSR count). The first-order valence-electron chi connectivity index (χ1n) is 8.92. The summed E-state index contributed by atoms with van der Waals surface area (Å²) in [5.41, 5.74) is 2.64. The molecular formula is C19H23N3O3. The quantitative estimate of drug-likeness (QED) is 0.859. The smallest absolute Gasteiger partial charge is 0.276 e. The van der Waals surface area contributed by atoms with Crippen LogP contribution in [0.5, 0.6) is 5.75 Å². The van der Waals surface area contributed by atoms with Crippen LogP contribution in [0.2, 0.25) is 0 Å². The van der Waals surface area contributed by atoms with Crippen LogP contribution in [0.3, 0.4) is 0 Å². The molecule has 0 bridgehead atoms. The van der Waals surface area contributed by atoms with Gasteiger partial charge in [0.25, 0.3) is 5.91 Å². The second kappa shape index (κ2) is 6.78. The van der Waals surface area contributed by atoms with E-state index >= 15 is 0 Å². The predicted molar refractivity (Wildman–Crippen MR) is 94.3 cm³/mol. The van der Waals surface area contributed by atoms with E-state index in [0.29, 0.717) is 18.8 Å². The Morgan fingerprint density at radius 1 is 1.12 bits per heavy atom. The minimum Gasteiger partial charge on any atom is -0.495 e. The number of rotatable bonds is 3. The Bertz CT molecular complexity index is 763. The van der Waals surface area contributed by atoms with Crippen molar-refractivity contribution in [2.24, 2.45) is 0 Å². The SMILES string of the molecule is COc1ccccc1N1CCN(C(=O)c2noc3c2CCCC3)CC1. The number of aryl methyl sites for hydroxylation is 1.